The van der Waals surface area contributed by atoms with Gasteiger partial charge in [0.15, 0.2) is 5.84 Å². The Labute approximate surface area is 119 Å². The van der Waals surface area contributed by atoms with Crippen LogP contribution in [-0.4, -0.2) is 22.7 Å². The monoisotopic (exact) mass is 323 g/mol. The van der Waals surface area contributed by atoms with Gasteiger partial charge in [-0.3, -0.25) is 0 Å². The largest absolute Gasteiger partial charge is 0.497 e. The molecule has 0 aliphatic carbocycles. The normalized spacial score (nSPS) is 11.6. The number of halogens is 1. The quantitative estimate of drug-likeness (QED) is 0.393. The Morgan fingerprint density at radius 1 is 1.47 bits per heavy atom. The number of ether oxygens (including phenoxy) is 1. The van der Waals surface area contributed by atoms with Gasteiger partial charge in [-0.25, -0.2) is 0 Å². The topological polar surface area (TPSA) is 72.8 Å². The first-order valence-electron chi connectivity index (χ1n) is 5.61. The van der Waals surface area contributed by atoms with Crippen molar-refractivity contribution in [2.24, 2.45) is 10.9 Å². The zero-order valence-corrected chi connectivity index (χ0v) is 12.0. The van der Waals surface area contributed by atoms with E-state index in [4.69, 9.17) is 15.7 Å². The van der Waals surface area contributed by atoms with Crippen molar-refractivity contribution in [2.45, 2.75) is 6.54 Å². The molecule has 6 heteroatoms. The molecule has 1 aromatic heterocycles. The van der Waals surface area contributed by atoms with Crippen LogP contribution in [0.2, 0.25) is 0 Å². The summed E-state index contributed by atoms with van der Waals surface area (Å²) in [5, 5.41) is 11.8. The summed E-state index contributed by atoms with van der Waals surface area (Å²) in [7, 11) is 1.63. The Hall–Kier alpha value is -1.95. The minimum Gasteiger partial charge on any atom is -0.497 e. The van der Waals surface area contributed by atoms with E-state index in [-0.39, 0.29) is 5.84 Å². The van der Waals surface area contributed by atoms with Gasteiger partial charge in [-0.15, -0.1) is 0 Å². The molecule has 0 spiro atoms. The molecule has 5 nitrogen and oxygen atoms in total. The predicted octanol–water partition coefficient (Wildman–Crippen LogP) is 2.40. The summed E-state index contributed by atoms with van der Waals surface area (Å²) in [5.74, 6) is 0.875. The van der Waals surface area contributed by atoms with Gasteiger partial charge in [0.05, 0.1) is 12.8 Å². The highest BCUT2D eigenvalue weighted by Crippen LogP contribution is 2.23. The lowest BCUT2D eigenvalue weighted by Gasteiger charge is -2.11. The third-order valence-electron chi connectivity index (χ3n) is 2.79. The van der Waals surface area contributed by atoms with Gasteiger partial charge in [0, 0.05) is 17.2 Å². The van der Waals surface area contributed by atoms with Crippen LogP contribution in [0.5, 0.6) is 5.75 Å². The molecule has 0 amide bonds. The zero-order chi connectivity index (χ0) is 13.8. The lowest BCUT2D eigenvalue weighted by atomic mass is 10.2. The molecule has 0 radical (unpaired) electrons. The van der Waals surface area contributed by atoms with Crippen molar-refractivity contribution in [1.82, 2.24) is 4.57 Å². The molecule has 0 unspecified atom stereocenters. The van der Waals surface area contributed by atoms with Crippen LogP contribution >= 0.6 is 15.9 Å². The molecule has 1 heterocycles. The van der Waals surface area contributed by atoms with Crippen molar-refractivity contribution in [2.75, 3.05) is 7.11 Å². The highest BCUT2D eigenvalue weighted by atomic mass is 79.9. The number of aromatic nitrogens is 1. The molecule has 2 rings (SSSR count). The lowest BCUT2D eigenvalue weighted by Crippen LogP contribution is -2.18. The summed E-state index contributed by atoms with van der Waals surface area (Å²) in [5.41, 5.74) is 7.34. The number of hydrogen-bond donors (Lipinski definition) is 2. The van der Waals surface area contributed by atoms with Crippen LogP contribution in [-0.2, 0) is 6.54 Å². The Balaban J connectivity index is 2.34. The standard InChI is InChI=1S/C13H14BrN3O2/c1-19-10-4-5-11(14)9(7-10)8-17-6-2-3-12(17)13(15)16-18/h2-7,18H,8H2,1H3,(H2,15,16). The summed E-state index contributed by atoms with van der Waals surface area (Å²) in [4.78, 5) is 0. The van der Waals surface area contributed by atoms with Crippen LogP contribution in [0.1, 0.15) is 11.3 Å². The number of benzene rings is 1. The summed E-state index contributed by atoms with van der Waals surface area (Å²) in [6.45, 7) is 0.594. The van der Waals surface area contributed by atoms with Crippen LogP contribution in [0.15, 0.2) is 46.2 Å². The van der Waals surface area contributed by atoms with Crippen molar-refractivity contribution < 1.29 is 9.94 Å². The number of amidine groups is 1. The van der Waals surface area contributed by atoms with Gasteiger partial charge in [-0.1, -0.05) is 21.1 Å². The number of nitrogens with zero attached hydrogens (tertiary/aromatic N) is 2. The van der Waals surface area contributed by atoms with Crippen molar-refractivity contribution in [3.05, 3.63) is 52.3 Å². The second-order valence-electron chi connectivity index (χ2n) is 3.96. The molecule has 19 heavy (non-hydrogen) atoms. The van der Waals surface area contributed by atoms with Crippen LogP contribution in [0.3, 0.4) is 0 Å². The Kier molecular flexibility index (Phi) is 4.11. The van der Waals surface area contributed by atoms with Crippen LogP contribution in [0.4, 0.5) is 0 Å². The maximum absolute atomic E-state index is 8.75. The Morgan fingerprint density at radius 2 is 2.26 bits per heavy atom. The molecule has 0 atom stereocenters. The minimum absolute atomic E-state index is 0.0871. The van der Waals surface area contributed by atoms with Gasteiger partial charge in [-0.05, 0) is 35.9 Å². The predicted molar refractivity (Wildman–Crippen MR) is 76.7 cm³/mol. The molecule has 3 N–H and O–H groups in total. The third-order valence-corrected chi connectivity index (χ3v) is 3.57. The first-order chi connectivity index (χ1) is 9.15. The van der Waals surface area contributed by atoms with Crippen molar-refractivity contribution in [3.8, 4) is 5.75 Å². The maximum atomic E-state index is 8.75. The van der Waals surface area contributed by atoms with E-state index in [1.165, 1.54) is 0 Å². The van der Waals surface area contributed by atoms with Crippen molar-refractivity contribution in [3.63, 3.8) is 0 Å². The summed E-state index contributed by atoms with van der Waals surface area (Å²) in [6, 6.07) is 9.40. The molecule has 100 valence electrons. The van der Waals surface area contributed by atoms with Crippen molar-refractivity contribution in [1.29, 1.82) is 0 Å². The van der Waals surface area contributed by atoms with Gasteiger partial charge < -0.3 is 20.2 Å². The average molecular weight is 324 g/mol. The molecule has 0 aliphatic heterocycles. The molecule has 1 aromatic carbocycles. The number of nitrogens with two attached hydrogens (primary N) is 1. The summed E-state index contributed by atoms with van der Waals surface area (Å²) >= 11 is 3.50. The minimum atomic E-state index is 0.0871. The van der Waals surface area contributed by atoms with E-state index in [0.717, 1.165) is 15.8 Å². The number of hydrogen-bond acceptors (Lipinski definition) is 3. The molecule has 2 aromatic rings. The number of oxime groups is 1. The fourth-order valence-corrected chi connectivity index (χ4v) is 2.19. The third kappa shape index (κ3) is 2.90. The molecule has 0 saturated carbocycles. The second kappa shape index (κ2) is 5.79. The van der Waals surface area contributed by atoms with Gasteiger partial charge in [-0.2, -0.15) is 0 Å². The Morgan fingerprint density at radius 3 is 2.95 bits per heavy atom. The van der Waals surface area contributed by atoms with Gasteiger partial charge >= 0.3 is 0 Å². The fraction of sp³-hybridized carbons (Fsp3) is 0.154. The zero-order valence-electron chi connectivity index (χ0n) is 10.4. The van der Waals surface area contributed by atoms with Crippen LogP contribution in [0.25, 0.3) is 0 Å². The molecule has 0 bridgehead atoms. The van der Waals surface area contributed by atoms with E-state index in [1.807, 2.05) is 35.0 Å². The number of rotatable bonds is 4. The smallest absolute Gasteiger partial charge is 0.186 e. The van der Waals surface area contributed by atoms with E-state index in [2.05, 4.69) is 21.1 Å². The molecular formula is C13H14BrN3O2. The van der Waals surface area contributed by atoms with Crippen molar-refractivity contribution >= 4 is 21.8 Å². The van der Waals surface area contributed by atoms with E-state index >= 15 is 0 Å². The summed E-state index contributed by atoms with van der Waals surface area (Å²) in [6.07, 6.45) is 1.87. The van der Waals surface area contributed by atoms with E-state index < -0.39 is 0 Å². The fourth-order valence-electron chi connectivity index (χ4n) is 1.82. The van der Waals surface area contributed by atoms with Gasteiger partial charge in [0.1, 0.15) is 5.75 Å². The van der Waals surface area contributed by atoms with Crippen LogP contribution < -0.4 is 10.5 Å². The maximum Gasteiger partial charge on any atom is 0.186 e. The van der Waals surface area contributed by atoms with Gasteiger partial charge in [0.25, 0.3) is 0 Å². The highest BCUT2D eigenvalue weighted by Gasteiger charge is 2.09. The second-order valence-corrected chi connectivity index (χ2v) is 4.82. The van der Waals surface area contributed by atoms with E-state index in [9.17, 15) is 0 Å². The molecule has 0 fully saturated rings. The molecule has 0 aliphatic rings. The first-order valence-corrected chi connectivity index (χ1v) is 6.40. The lowest BCUT2D eigenvalue weighted by molar-refractivity contribution is 0.318. The number of methoxy groups -OCH3 is 1. The first kappa shape index (κ1) is 13.5. The summed E-state index contributed by atoms with van der Waals surface area (Å²) < 4.78 is 8.09. The average Bonchev–Trinajstić information content (AvgIpc) is 2.88. The molecular weight excluding hydrogens is 310 g/mol. The molecule has 0 saturated heterocycles. The van der Waals surface area contributed by atoms with E-state index in [1.54, 1.807) is 13.2 Å². The van der Waals surface area contributed by atoms with Crippen LogP contribution in [0, 0.1) is 0 Å². The Bertz CT molecular complexity index is 608. The highest BCUT2D eigenvalue weighted by molar-refractivity contribution is 9.10. The van der Waals surface area contributed by atoms with Gasteiger partial charge in [0.2, 0.25) is 0 Å². The van der Waals surface area contributed by atoms with E-state index in [0.29, 0.717) is 12.2 Å². The SMILES string of the molecule is COc1ccc(Br)c(Cn2cccc2/C(N)=N/O)c1.